The third-order valence-electron chi connectivity index (χ3n) is 2.93. The fraction of sp³-hybridized carbons (Fsp3) is 1.00. The van der Waals surface area contributed by atoms with Crippen LogP contribution in [0.3, 0.4) is 0 Å². The van der Waals surface area contributed by atoms with Crippen LogP contribution in [0.5, 0.6) is 0 Å². The molecule has 2 nitrogen and oxygen atoms in total. The number of aliphatic hydroxyl groups excluding tert-OH is 1. The zero-order valence-electron chi connectivity index (χ0n) is 7.29. The summed E-state index contributed by atoms with van der Waals surface area (Å²) in [7, 11) is 0. The summed E-state index contributed by atoms with van der Waals surface area (Å²) in [4.78, 5) is 0. The van der Waals surface area contributed by atoms with Crippen molar-refractivity contribution in [2.75, 3.05) is 0 Å². The zero-order valence-corrected chi connectivity index (χ0v) is 7.29. The first kappa shape index (κ1) is 9.01. The van der Waals surface area contributed by atoms with Crippen molar-refractivity contribution in [1.29, 1.82) is 0 Å². The summed E-state index contributed by atoms with van der Waals surface area (Å²) in [5.74, 6) is 0.957. The normalized spacial score (nSPS) is 26.5. The van der Waals surface area contributed by atoms with Gasteiger partial charge in [-0.2, -0.15) is 0 Å². The number of nitrogens with two attached hydrogens (primary N) is 1. The lowest BCUT2D eigenvalue weighted by Gasteiger charge is -2.29. The molecule has 0 aromatic rings. The molecule has 0 radical (unpaired) electrons. The highest BCUT2D eigenvalue weighted by Crippen LogP contribution is 2.30. The molecular weight excluding hydrogens is 138 g/mol. The smallest absolute Gasteiger partial charge is 0.105 e. The van der Waals surface area contributed by atoms with Gasteiger partial charge in [0.05, 0.1) is 0 Å². The number of hydrogen-bond acceptors (Lipinski definition) is 2. The minimum Gasteiger partial charge on any atom is -0.379 e. The van der Waals surface area contributed by atoms with E-state index in [9.17, 15) is 0 Å². The molecule has 66 valence electrons. The van der Waals surface area contributed by atoms with Gasteiger partial charge in [0.15, 0.2) is 0 Å². The average Bonchev–Trinajstić information content (AvgIpc) is 2.05. The van der Waals surface area contributed by atoms with Crippen molar-refractivity contribution in [2.45, 2.75) is 45.3 Å². The Hall–Kier alpha value is -0.0800. The molecular formula is C9H19NO. The summed E-state index contributed by atoms with van der Waals surface area (Å²) in [6.07, 6.45) is 5.91. The molecule has 0 aromatic heterocycles. The van der Waals surface area contributed by atoms with Crippen molar-refractivity contribution < 1.29 is 5.11 Å². The molecule has 11 heavy (non-hydrogen) atoms. The Balaban J connectivity index is 2.32. The van der Waals surface area contributed by atoms with Gasteiger partial charge in [-0.15, -0.1) is 0 Å². The van der Waals surface area contributed by atoms with Gasteiger partial charge in [0.1, 0.15) is 6.23 Å². The lowest BCUT2D eigenvalue weighted by Crippen LogP contribution is -2.33. The fourth-order valence-electron chi connectivity index (χ4n) is 1.94. The maximum Gasteiger partial charge on any atom is 0.105 e. The van der Waals surface area contributed by atoms with Gasteiger partial charge in [-0.05, 0) is 11.8 Å². The quantitative estimate of drug-likeness (QED) is 0.596. The standard InChI is InChI=1S/C9H19NO/c1-7(9(10)11)8-5-3-2-4-6-8/h7-9,11H,2-6,10H2,1H3. The highest BCUT2D eigenvalue weighted by atomic mass is 16.3. The molecule has 0 aromatic carbocycles. The van der Waals surface area contributed by atoms with E-state index >= 15 is 0 Å². The highest BCUT2D eigenvalue weighted by molar-refractivity contribution is 4.73. The Kier molecular flexibility index (Phi) is 3.34. The first-order valence-corrected chi connectivity index (χ1v) is 4.65. The molecule has 0 saturated heterocycles. The molecule has 0 bridgehead atoms. The monoisotopic (exact) mass is 157 g/mol. The topological polar surface area (TPSA) is 46.2 Å². The molecule has 1 saturated carbocycles. The Morgan fingerprint density at radius 2 is 1.82 bits per heavy atom. The van der Waals surface area contributed by atoms with Gasteiger partial charge in [-0.1, -0.05) is 39.0 Å². The second-order valence-electron chi connectivity index (χ2n) is 3.75. The van der Waals surface area contributed by atoms with E-state index in [2.05, 4.69) is 6.92 Å². The van der Waals surface area contributed by atoms with E-state index in [4.69, 9.17) is 10.8 Å². The fourth-order valence-corrected chi connectivity index (χ4v) is 1.94. The van der Waals surface area contributed by atoms with Crippen molar-refractivity contribution in [3.05, 3.63) is 0 Å². The summed E-state index contributed by atoms with van der Waals surface area (Å²) >= 11 is 0. The Labute approximate surface area is 68.8 Å². The number of aliphatic hydroxyl groups is 1. The van der Waals surface area contributed by atoms with Crippen molar-refractivity contribution in [3.63, 3.8) is 0 Å². The SMILES string of the molecule is CC(C(N)O)C1CCCCC1. The molecule has 1 aliphatic rings. The lowest BCUT2D eigenvalue weighted by molar-refractivity contribution is 0.0741. The van der Waals surface area contributed by atoms with Gasteiger partial charge in [-0.25, -0.2) is 0 Å². The Morgan fingerprint density at radius 3 is 2.27 bits per heavy atom. The van der Waals surface area contributed by atoms with Gasteiger partial charge in [0, 0.05) is 0 Å². The summed E-state index contributed by atoms with van der Waals surface area (Å²) in [6, 6.07) is 0. The maximum absolute atomic E-state index is 9.15. The van der Waals surface area contributed by atoms with Crippen LogP contribution in [0.4, 0.5) is 0 Å². The predicted octanol–water partition coefficient (Wildman–Crippen LogP) is 1.48. The minimum absolute atomic E-state index is 0.287. The van der Waals surface area contributed by atoms with E-state index in [1.807, 2.05) is 0 Å². The minimum atomic E-state index is -0.613. The molecule has 0 heterocycles. The molecule has 2 unspecified atom stereocenters. The average molecular weight is 157 g/mol. The molecule has 1 fully saturated rings. The maximum atomic E-state index is 9.15. The van der Waals surface area contributed by atoms with Crippen molar-refractivity contribution in [2.24, 2.45) is 17.6 Å². The molecule has 0 spiro atoms. The molecule has 1 aliphatic carbocycles. The molecule has 0 amide bonds. The molecule has 2 heteroatoms. The van der Waals surface area contributed by atoms with Crippen LogP contribution in [0.1, 0.15) is 39.0 Å². The van der Waals surface area contributed by atoms with Crippen molar-refractivity contribution >= 4 is 0 Å². The van der Waals surface area contributed by atoms with E-state index in [1.165, 1.54) is 32.1 Å². The number of hydrogen-bond donors (Lipinski definition) is 2. The van der Waals surface area contributed by atoms with Gasteiger partial charge < -0.3 is 10.8 Å². The first-order valence-electron chi connectivity index (χ1n) is 4.65. The zero-order chi connectivity index (χ0) is 8.27. The van der Waals surface area contributed by atoms with Gasteiger partial charge in [0.2, 0.25) is 0 Å². The van der Waals surface area contributed by atoms with Gasteiger partial charge in [0.25, 0.3) is 0 Å². The van der Waals surface area contributed by atoms with Crippen LogP contribution >= 0.6 is 0 Å². The van der Waals surface area contributed by atoms with E-state index in [1.54, 1.807) is 0 Å². The first-order chi connectivity index (χ1) is 5.22. The molecule has 2 atom stereocenters. The van der Waals surface area contributed by atoms with E-state index in [0.29, 0.717) is 5.92 Å². The highest BCUT2D eigenvalue weighted by Gasteiger charge is 2.23. The van der Waals surface area contributed by atoms with Crippen LogP contribution in [0.15, 0.2) is 0 Å². The van der Waals surface area contributed by atoms with Crippen LogP contribution < -0.4 is 5.73 Å². The molecule has 3 N–H and O–H groups in total. The largest absolute Gasteiger partial charge is 0.379 e. The van der Waals surface area contributed by atoms with Crippen molar-refractivity contribution in [3.8, 4) is 0 Å². The van der Waals surface area contributed by atoms with E-state index in [0.717, 1.165) is 0 Å². The van der Waals surface area contributed by atoms with E-state index < -0.39 is 6.23 Å². The third-order valence-corrected chi connectivity index (χ3v) is 2.93. The van der Waals surface area contributed by atoms with Crippen LogP contribution in [-0.4, -0.2) is 11.3 Å². The van der Waals surface area contributed by atoms with E-state index in [-0.39, 0.29) is 5.92 Å². The summed E-state index contributed by atoms with van der Waals surface area (Å²) in [6.45, 7) is 2.06. The molecule has 0 aliphatic heterocycles. The third kappa shape index (κ3) is 2.46. The molecule has 1 rings (SSSR count). The van der Waals surface area contributed by atoms with Crippen LogP contribution in [0.2, 0.25) is 0 Å². The summed E-state index contributed by atoms with van der Waals surface area (Å²) < 4.78 is 0. The van der Waals surface area contributed by atoms with Crippen LogP contribution in [-0.2, 0) is 0 Å². The van der Waals surface area contributed by atoms with Crippen LogP contribution in [0, 0.1) is 11.8 Å². The Bertz CT molecular complexity index is 108. The van der Waals surface area contributed by atoms with Gasteiger partial charge >= 0.3 is 0 Å². The number of rotatable bonds is 2. The summed E-state index contributed by atoms with van der Waals surface area (Å²) in [5.41, 5.74) is 5.42. The van der Waals surface area contributed by atoms with Gasteiger partial charge in [-0.3, -0.25) is 0 Å². The second-order valence-corrected chi connectivity index (χ2v) is 3.75. The predicted molar refractivity (Wildman–Crippen MR) is 45.9 cm³/mol. The summed E-state index contributed by atoms with van der Waals surface area (Å²) in [5, 5.41) is 9.15. The van der Waals surface area contributed by atoms with Crippen LogP contribution in [0.25, 0.3) is 0 Å². The Morgan fingerprint density at radius 1 is 1.27 bits per heavy atom. The van der Waals surface area contributed by atoms with Crippen molar-refractivity contribution in [1.82, 2.24) is 0 Å². The lowest BCUT2D eigenvalue weighted by atomic mass is 9.80. The second kappa shape index (κ2) is 4.07.